The number of amides is 1. The van der Waals surface area contributed by atoms with Crippen LogP contribution in [0.5, 0.6) is 0 Å². The largest absolute Gasteiger partial charge is 0.272 e. The van der Waals surface area contributed by atoms with E-state index in [1.165, 1.54) is 34.8 Å². The highest BCUT2D eigenvalue weighted by atomic mass is 32.2. The van der Waals surface area contributed by atoms with E-state index in [2.05, 4.69) is 10.5 Å². The van der Waals surface area contributed by atoms with Crippen LogP contribution in [0, 0.1) is 5.82 Å². The number of benzene rings is 1. The lowest BCUT2D eigenvalue weighted by Crippen LogP contribution is -2.45. The molecular weight excluding hydrogens is 333 g/mol. The third-order valence-electron chi connectivity index (χ3n) is 3.98. The number of carbonyl (C=O) groups excluding carboxylic acids is 1. The van der Waals surface area contributed by atoms with E-state index in [0.717, 1.165) is 38.4 Å². The van der Waals surface area contributed by atoms with Crippen LogP contribution in [0.4, 0.5) is 4.39 Å². The zero-order valence-electron chi connectivity index (χ0n) is 13.6. The van der Waals surface area contributed by atoms with Gasteiger partial charge in [0.1, 0.15) is 5.82 Å². The van der Waals surface area contributed by atoms with Crippen molar-refractivity contribution in [2.75, 3.05) is 12.8 Å². The van der Waals surface area contributed by atoms with Gasteiger partial charge in [0.05, 0.1) is 19.0 Å². The van der Waals surface area contributed by atoms with Gasteiger partial charge in [-0.05, 0) is 30.5 Å². The summed E-state index contributed by atoms with van der Waals surface area (Å²) in [5, 5.41) is 3.78. The number of sulfonamides is 1. The Bertz CT molecular complexity index is 683. The van der Waals surface area contributed by atoms with Crippen LogP contribution in [-0.4, -0.2) is 43.7 Å². The third-order valence-corrected chi connectivity index (χ3v) is 5.26. The molecule has 6 nitrogen and oxygen atoms in total. The van der Waals surface area contributed by atoms with Gasteiger partial charge in [0.2, 0.25) is 10.0 Å². The molecule has 1 aliphatic carbocycles. The fourth-order valence-corrected chi connectivity index (χ4v) is 3.89. The van der Waals surface area contributed by atoms with Gasteiger partial charge in [-0.25, -0.2) is 18.2 Å². The normalized spacial score (nSPS) is 16.6. The number of halogens is 1. The minimum atomic E-state index is -3.46. The topological polar surface area (TPSA) is 78.8 Å². The van der Waals surface area contributed by atoms with Crippen LogP contribution < -0.4 is 5.43 Å². The Morgan fingerprint density at radius 2 is 1.92 bits per heavy atom. The Morgan fingerprint density at radius 3 is 2.50 bits per heavy atom. The lowest BCUT2D eigenvalue weighted by atomic mass is 9.95. The minimum Gasteiger partial charge on any atom is -0.272 e. The summed E-state index contributed by atoms with van der Waals surface area (Å²) < 4.78 is 38.0. The van der Waals surface area contributed by atoms with E-state index in [0.29, 0.717) is 5.56 Å². The number of hydrogen-bond acceptors (Lipinski definition) is 4. The standard InChI is InChI=1S/C16H22FN3O3S/c1-24(22,23)20(15-5-3-2-4-6-15)12-16(21)19-18-11-13-7-9-14(17)10-8-13/h7-11,15H,2-6,12H2,1H3,(H,19,21). The van der Waals surface area contributed by atoms with E-state index in [4.69, 9.17) is 0 Å². The molecule has 24 heavy (non-hydrogen) atoms. The molecule has 0 radical (unpaired) electrons. The molecule has 2 rings (SSSR count). The third kappa shape index (κ3) is 5.68. The molecule has 0 saturated heterocycles. The lowest BCUT2D eigenvalue weighted by molar-refractivity contribution is -0.121. The molecule has 1 amide bonds. The summed E-state index contributed by atoms with van der Waals surface area (Å²) in [6, 6.07) is 5.50. The summed E-state index contributed by atoms with van der Waals surface area (Å²) in [4.78, 5) is 12.0. The van der Waals surface area contributed by atoms with Gasteiger partial charge in [-0.15, -0.1) is 0 Å². The fraction of sp³-hybridized carbons (Fsp3) is 0.500. The summed E-state index contributed by atoms with van der Waals surface area (Å²) in [5.41, 5.74) is 2.95. The number of rotatable bonds is 6. The molecule has 1 fully saturated rings. The molecule has 1 saturated carbocycles. The Balaban J connectivity index is 1.93. The van der Waals surface area contributed by atoms with Gasteiger partial charge in [0, 0.05) is 6.04 Å². The van der Waals surface area contributed by atoms with Gasteiger partial charge >= 0.3 is 0 Å². The highest BCUT2D eigenvalue weighted by Gasteiger charge is 2.29. The van der Waals surface area contributed by atoms with Gasteiger partial charge < -0.3 is 0 Å². The van der Waals surface area contributed by atoms with Crippen LogP contribution in [0.3, 0.4) is 0 Å². The molecule has 1 aliphatic rings. The van der Waals surface area contributed by atoms with Crippen molar-refractivity contribution in [3.8, 4) is 0 Å². The molecule has 0 unspecified atom stereocenters. The van der Waals surface area contributed by atoms with Crippen molar-refractivity contribution in [3.63, 3.8) is 0 Å². The Kier molecular flexibility index (Phi) is 6.44. The Morgan fingerprint density at radius 1 is 1.29 bits per heavy atom. The number of nitrogens with zero attached hydrogens (tertiary/aromatic N) is 2. The quantitative estimate of drug-likeness (QED) is 0.625. The summed E-state index contributed by atoms with van der Waals surface area (Å²) in [7, 11) is -3.46. The van der Waals surface area contributed by atoms with Crippen LogP contribution in [0.2, 0.25) is 0 Å². The SMILES string of the molecule is CS(=O)(=O)N(CC(=O)NN=Cc1ccc(F)cc1)C1CCCCC1. The average Bonchev–Trinajstić information content (AvgIpc) is 2.54. The maximum absolute atomic E-state index is 12.8. The average molecular weight is 355 g/mol. The monoisotopic (exact) mass is 355 g/mol. The summed E-state index contributed by atoms with van der Waals surface area (Å²) in [5.74, 6) is -0.850. The van der Waals surface area contributed by atoms with Crippen molar-refractivity contribution in [2.24, 2.45) is 5.10 Å². The first-order valence-electron chi connectivity index (χ1n) is 7.90. The molecule has 8 heteroatoms. The molecule has 1 aromatic carbocycles. The number of nitrogens with one attached hydrogen (secondary N) is 1. The lowest BCUT2D eigenvalue weighted by Gasteiger charge is -2.31. The van der Waals surface area contributed by atoms with E-state index < -0.39 is 15.9 Å². The molecule has 132 valence electrons. The molecule has 0 aromatic heterocycles. The van der Waals surface area contributed by atoms with Gasteiger partial charge in [0.25, 0.3) is 5.91 Å². The summed E-state index contributed by atoms with van der Waals surface area (Å²) in [6.07, 6.45) is 7.10. The number of hydrogen-bond donors (Lipinski definition) is 1. The predicted octanol–water partition coefficient (Wildman–Crippen LogP) is 1.87. The molecular formula is C16H22FN3O3S. The number of hydrazone groups is 1. The highest BCUT2D eigenvalue weighted by Crippen LogP contribution is 2.24. The second-order valence-electron chi connectivity index (χ2n) is 5.94. The molecule has 0 spiro atoms. The van der Waals surface area contributed by atoms with E-state index in [1.807, 2.05) is 0 Å². The second-order valence-corrected chi connectivity index (χ2v) is 7.88. The van der Waals surface area contributed by atoms with Crippen LogP contribution in [0.1, 0.15) is 37.7 Å². The fourth-order valence-electron chi connectivity index (χ4n) is 2.79. The highest BCUT2D eigenvalue weighted by molar-refractivity contribution is 7.88. The maximum atomic E-state index is 12.8. The van der Waals surface area contributed by atoms with E-state index in [9.17, 15) is 17.6 Å². The van der Waals surface area contributed by atoms with Crippen LogP contribution in [0.25, 0.3) is 0 Å². The van der Waals surface area contributed by atoms with Gasteiger partial charge in [-0.3, -0.25) is 4.79 Å². The molecule has 0 bridgehead atoms. The van der Waals surface area contributed by atoms with Crippen molar-refractivity contribution in [3.05, 3.63) is 35.6 Å². The van der Waals surface area contributed by atoms with E-state index in [-0.39, 0.29) is 18.4 Å². The number of carbonyl (C=O) groups is 1. The molecule has 1 N–H and O–H groups in total. The summed E-state index contributed by atoms with van der Waals surface area (Å²) >= 11 is 0. The van der Waals surface area contributed by atoms with E-state index >= 15 is 0 Å². The van der Waals surface area contributed by atoms with Crippen molar-refractivity contribution >= 4 is 22.1 Å². The van der Waals surface area contributed by atoms with Gasteiger partial charge in [-0.1, -0.05) is 31.4 Å². The van der Waals surface area contributed by atoms with Crippen LogP contribution >= 0.6 is 0 Å². The zero-order valence-corrected chi connectivity index (χ0v) is 14.4. The maximum Gasteiger partial charge on any atom is 0.255 e. The van der Waals surface area contributed by atoms with Crippen LogP contribution in [0.15, 0.2) is 29.4 Å². The predicted molar refractivity (Wildman–Crippen MR) is 90.6 cm³/mol. The van der Waals surface area contributed by atoms with E-state index in [1.54, 1.807) is 0 Å². The Hall–Kier alpha value is -1.80. The van der Waals surface area contributed by atoms with Crippen molar-refractivity contribution in [1.29, 1.82) is 0 Å². The van der Waals surface area contributed by atoms with Crippen molar-refractivity contribution < 1.29 is 17.6 Å². The first-order chi connectivity index (χ1) is 11.4. The molecule has 0 heterocycles. The van der Waals surface area contributed by atoms with Crippen LogP contribution in [-0.2, 0) is 14.8 Å². The minimum absolute atomic E-state index is 0.124. The Labute approximate surface area is 141 Å². The molecule has 0 aliphatic heterocycles. The first-order valence-corrected chi connectivity index (χ1v) is 9.75. The first kappa shape index (κ1) is 18.5. The van der Waals surface area contributed by atoms with Gasteiger partial charge in [-0.2, -0.15) is 9.41 Å². The molecule has 0 atom stereocenters. The van der Waals surface area contributed by atoms with Crippen molar-refractivity contribution in [2.45, 2.75) is 38.1 Å². The smallest absolute Gasteiger partial charge is 0.255 e. The molecule has 1 aromatic rings. The zero-order chi connectivity index (χ0) is 17.6. The second kappa shape index (κ2) is 8.34. The van der Waals surface area contributed by atoms with Gasteiger partial charge in [0.15, 0.2) is 0 Å². The summed E-state index contributed by atoms with van der Waals surface area (Å²) in [6.45, 7) is -0.246. The van der Waals surface area contributed by atoms with Crippen molar-refractivity contribution in [1.82, 2.24) is 9.73 Å².